The molecule has 1 fully saturated rings. The second kappa shape index (κ2) is 11.2. The maximum absolute atomic E-state index is 13.8. The summed E-state index contributed by atoms with van der Waals surface area (Å²) in [6.07, 6.45) is -7.62. The first-order valence-electron chi connectivity index (χ1n) is 13.1. The molecule has 8 nitrogen and oxygen atoms in total. The summed E-state index contributed by atoms with van der Waals surface area (Å²) in [5, 5.41) is 18.3. The van der Waals surface area contributed by atoms with Crippen LogP contribution >= 0.6 is 15.9 Å². The van der Waals surface area contributed by atoms with E-state index >= 15 is 0 Å². The Hall–Kier alpha value is -3.92. The van der Waals surface area contributed by atoms with E-state index in [1.165, 1.54) is 23.2 Å². The molecule has 0 radical (unpaired) electrons. The van der Waals surface area contributed by atoms with Gasteiger partial charge in [-0.2, -0.15) is 26.3 Å². The van der Waals surface area contributed by atoms with Crippen molar-refractivity contribution in [2.75, 3.05) is 11.9 Å². The lowest BCUT2D eigenvalue weighted by molar-refractivity contribution is -0.160. The summed E-state index contributed by atoms with van der Waals surface area (Å²) >= 11 is 3.09. The second-order valence-electron chi connectivity index (χ2n) is 10.5. The molecule has 234 valence electrons. The number of hydrazine groups is 1. The standard InChI is InChI=1S/C28H23BrF7N5O3/c1-26-7-2-8-41(26)40(12-14-3-5-18(30)17(29)9-14)25(44)22(23(26)42)24(43)39-19-6-4-15(27(31,32)33)10-16(19)20-11-21(28(34,35)36)38-13-37-20/h3-6,9-11,13,20,42H,2,7-8,12H2,1H3,(H,37,38)(H,39,43). The summed E-state index contributed by atoms with van der Waals surface area (Å²) in [7, 11) is 0. The molecule has 0 saturated carbocycles. The van der Waals surface area contributed by atoms with Crippen molar-refractivity contribution >= 4 is 39.8 Å². The number of fused-ring (bicyclic) bond motifs is 1. The van der Waals surface area contributed by atoms with Crippen LogP contribution < -0.4 is 10.6 Å². The van der Waals surface area contributed by atoms with Gasteiger partial charge in [0.15, 0.2) is 0 Å². The van der Waals surface area contributed by atoms with Crippen molar-refractivity contribution in [3.05, 3.63) is 86.5 Å². The SMILES string of the molecule is CC12CCCN1N(Cc1ccc(F)c(Br)c1)C(=O)C(C(=O)Nc1ccc(C(F)(F)F)cc1C1C=C(C(F)(F)F)NC=N1)=C2O. The van der Waals surface area contributed by atoms with Gasteiger partial charge in [0.2, 0.25) is 0 Å². The fourth-order valence-electron chi connectivity index (χ4n) is 5.42. The number of rotatable bonds is 5. The number of anilines is 1. The Bertz CT molecular complexity index is 1620. The second-order valence-corrected chi connectivity index (χ2v) is 11.4. The maximum Gasteiger partial charge on any atom is 0.431 e. The molecule has 3 aliphatic heterocycles. The van der Waals surface area contributed by atoms with Gasteiger partial charge in [0.25, 0.3) is 11.8 Å². The van der Waals surface area contributed by atoms with Crippen molar-refractivity contribution in [2.24, 2.45) is 4.99 Å². The summed E-state index contributed by atoms with van der Waals surface area (Å²) < 4.78 is 94.8. The van der Waals surface area contributed by atoms with Crippen molar-refractivity contribution in [2.45, 2.75) is 50.2 Å². The minimum absolute atomic E-state index is 0.113. The number of halogens is 8. The van der Waals surface area contributed by atoms with Crippen LogP contribution in [0.25, 0.3) is 0 Å². The Balaban J connectivity index is 1.53. The minimum atomic E-state index is -4.87. The molecule has 0 bridgehead atoms. The molecule has 2 unspecified atom stereocenters. The lowest BCUT2D eigenvalue weighted by Crippen LogP contribution is -2.60. The van der Waals surface area contributed by atoms with E-state index in [2.05, 4.69) is 26.2 Å². The van der Waals surface area contributed by atoms with E-state index < -0.39 is 69.7 Å². The molecular formula is C28H23BrF7N5O3. The van der Waals surface area contributed by atoms with Crippen LogP contribution in [0, 0.1) is 5.82 Å². The normalized spacial score (nSPS) is 22.6. The van der Waals surface area contributed by atoms with Gasteiger partial charge in [-0.3, -0.25) is 19.6 Å². The molecule has 0 spiro atoms. The first kappa shape index (κ1) is 31.5. The smallest absolute Gasteiger partial charge is 0.431 e. The van der Waals surface area contributed by atoms with Gasteiger partial charge >= 0.3 is 12.4 Å². The van der Waals surface area contributed by atoms with Gasteiger partial charge in [-0.1, -0.05) is 6.07 Å². The zero-order chi connectivity index (χ0) is 32.2. The van der Waals surface area contributed by atoms with Crippen LogP contribution in [-0.2, 0) is 22.3 Å². The minimum Gasteiger partial charge on any atom is -0.509 e. The van der Waals surface area contributed by atoms with E-state index in [1.54, 1.807) is 11.9 Å². The van der Waals surface area contributed by atoms with E-state index in [4.69, 9.17) is 0 Å². The van der Waals surface area contributed by atoms with E-state index in [-0.39, 0.29) is 16.7 Å². The number of carbonyl (C=O) groups is 2. The van der Waals surface area contributed by atoms with Crippen LogP contribution in [-0.4, -0.2) is 51.5 Å². The Labute approximate surface area is 254 Å². The van der Waals surface area contributed by atoms with Crippen molar-refractivity contribution in [1.29, 1.82) is 0 Å². The molecular weight excluding hydrogens is 667 g/mol. The van der Waals surface area contributed by atoms with Crippen LogP contribution in [0.3, 0.4) is 0 Å². The number of alkyl halides is 6. The number of allylic oxidation sites excluding steroid dienone is 1. The zero-order valence-electron chi connectivity index (χ0n) is 22.7. The average Bonchev–Trinajstić information content (AvgIpc) is 3.35. The van der Waals surface area contributed by atoms with Crippen LogP contribution in [0.15, 0.2) is 69.0 Å². The number of hydrogen-bond donors (Lipinski definition) is 3. The molecule has 3 heterocycles. The molecule has 0 aliphatic carbocycles. The first-order valence-corrected chi connectivity index (χ1v) is 13.9. The van der Waals surface area contributed by atoms with E-state index in [0.29, 0.717) is 49.5 Å². The summed E-state index contributed by atoms with van der Waals surface area (Å²) in [6, 6.07) is 4.51. The maximum atomic E-state index is 13.8. The Morgan fingerprint density at radius 3 is 2.55 bits per heavy atom. The van der Waals surface area contributed by atoms with Crippen LogP contribution in [0.4, 0.5) is 36.4 Å². The number of aliphatic hydroxyl groups excluding tert-OH is 1. The van der Waals surface area contributed by atoms with Crippen molar-refractivity contribution in [1.82, 2.24) is 15.3 Å². The number of amides is 2. The van der Waals surface area contributed by atoms with Crippen molar-refractivity contribution < 1.29 is 45.4 Å². The van der Waals surface area contributed by atoms with Crippen LogP contribution in [0.2, 0.25) is 0 Å². The Kier molecular flexibility index (Phi) is 8.03. The summed E-state index contributed by atoms with van der Waals surface area (Å²) in [4.78, 5) is 31.2. The Morgan fingerprint density at radius 1 is 1.16 bits per heavy atom. The van der Waals surface area contributed by atoms with Gasteiger partial charge in [-0.25, -0.2) is 9.40 Å². The Morgan fingerprint density at radius 2 is 1.89 bits per heavy atom. The highest BCUT2D eigenvalue weighted by atomic mass is 79.9. The topological polar surface area (TPSA) is 97.3 Å². The molecule has 5 rings (SSSR count). The molecule has 3 N–H and O–H groups in total. The van der Waals surface area contributed by atoms with Gasteiger partial charge < -0.3 is 15.7 Å². The third-order valence-electron chi connectivity index (χ3n) is 7.66. The number of benzene rings is 2. The van der Waals surface area contributed by atoms with Crippen LogP contribution in [0.5, 0.6) is 0 Å². The number of nitrogens with zero attached hydrogens (tertiary/aromatic N) is 3. The quantitative estimate of drug-likeness (QED) is 0.253. The fraction of sp³-hybridized carbons (Fsp3) is 0.321. The molecule has 2 aromatic rings. The van der Waals surface area contributed by atoms with Gasteiger partial charge in [-0.05, 0) is 77.7 Å². The fourth-order valence-corrected chi connectivity index (χ4v) is 5.85. The predicted molar refractivity (Wildman–Crippen MR) is 147 cm³/mol. The molecule has 44 heavy (non-hydrogen) atoms. The molecule has 3 aliphatic rings. The molecule has 0 aromatic heterocycles. The summed E-state index contributed by atoms with van der Waals surface area (Å²) in [5.74, 6) is -3.23. The van der Waals surface area contributed by atoms with E-state index in [1.807, 2.05) is 5.32 Å². The average molecular weight is 690 g/mol. The number of aliphatic imine (C=N–C) groups is 1. The highest BCUT2D eigenvalue weighted by Gasteiger charge is 2.52. The lowest BCUT2D eigenvalue weighted by Gasteiger charge is -2.46. The van der Waals surface area contributed by atoms with E-state index in [9.17, 15) is 45.4 Å². The van der Waals surface area contributed by atoms with Crippen molar-refractivity contribution in [3.63, 3.8) is 0 Å². The first-order chi connectivity index (χ1) is 20.5. The zero-order valence-corrected chi connectivity index (χ0v) is 24.2. The largest absolute Gasteiger partial charge is 0.509 e. The van der Waals surface area contributed by atoms with Gasteiger partial charge in [0.1, 0.15) is 22.8 Å². The molecule has 1 saturated heterocycles. The predicted octanol–water partition coefficient (Wildman–Crippen LogP) is 6.29. The number of aliphatic hydroxyl groups is 1. The van der Waals surface area contributed by atoms with E-state index in [0.717, 1.165) is 6.07 Å². The third-order valence-corrected chi connectivity index (χ3v) is 8.27. The van der Waals surface area contributed by atoms with Crippen molar-refractivity contribution in [3.8, 4) is 0 Å². The monoisotopic (exact) mass is 689 g/mol. The van der Waals surface area contributed by atoms with Gasteiger partial charge in [0, 0.05) is 17.8 Å². The van der Waals surface area contributed by atoms with Gasteiger partial charge in [0.05, 0.1) is 34.5 Å². The highest BCUT2D eigenvalue weighted by Crippen LogP contribution is 2.43. The number of hydrogen-bond acceptors (Lipinski definition) is 6. The van der Waals surface area contributed by atoms with Gasteiger partial charge in [-0.15, -0.1) is 0 Å². The summed E-state index contributed by atoms with van der Waals surface area (Å²) in [5.41, 5.74) is -4.68. The highest BCUT2D eigenvalue weighted by molar-refractivity contribution is 9.10. The molecule has 2 aromatic carbocycles. The third kappa shape index (κ3) is 5.79. The molecule has 2 amide bonds. The molecule has 16 heteroatoms. The van der Waals surface area contributed by atoms with Crippen LogP contribution in [0.1, 0.15) is 42.5 Å². The number of carbonyl (C=O) groups excluding carboxylic acids is 2. The lowest BCUT2D eigenvalue weighted by atomic mass is 9.90. The molecule has 2 atom stereocenters. The summed E-state index contributed by atoms with van der Waals surface area (Å²) in [6.45, 7) is 1.84. The number of nitrogens with one attached hydrogen (secondary N) is 2.